The summed E-state index contributed by atoms with van der Waals surface area (Å²) < 4.78 is 0. The number of carbonyl (C=O) groups is 2. The summed E-state index contributed by atoms with van der Waals surface area (Å²) in [6.07, 6.45) is 14.2. The maximum absolute atomic E-state index is 11.4. The van der Waals surface area contributed by atoms with Crippen LogP contribution >= 0.6 is 0 Å². The molecule has 0 heterocycles. The Morgan fingerprint density at radius 2 is 1.27 bits per heavy atom. The molecule has 0 saturated heterocycles. The minimum Gasteiger partial charge on any atom is -0.480 e. The second-order valence-corrected chi connectivity index (χ2v) is 5.91. The van der Waals surface area contributed by atoms with Gasteiger partial charge >= 0.3 is 5.97 Å². The van der Waals surface area contributed by atoms with Gasteiger partial charge in [0.15, 0.2) is 0 Å². The Balaban J connectivity index is 0. The number of rotatable bonds is 14. The van der Waals surface area contributed by atoms with Crippen molar-refractivity contribution in [2.45, 2.75) is 96.9 Å². The average molecular weight is 322 g/mol. The molecule has 0 fully saturated rings. The first-order chi connectivity index (χ1) is 10.1. The van der Waals surface area contributed by atoms with Gasteiger partial charge in [-0.2, -0.15) is 0 Å². The molecule has 0 bridgehead atoms. The molecule has 125 valence electrons. The number of carboxylic acids is 1. The molecule has 0 saturated carbocycles. The van der Waals surface area contributed by atoms with E-state index in [1.165, 1.54) is 64.7 Å². The number of unbranched alkanes of at least 4 members (excludes halogenated alkanes) is 10. The molecular formula is C17H33NNaO3. The molecule has 0 aromatic carbocycles. The van der Waals surface area contributed by atoms with E-state index >= 15 is 0 Å². The van der Waals surface area contributed by atoms with Gasteiger partial charge in [-0.05, 0) is 13.3 Å². The number of hydrogen-bond donors (Lipinski definition) is 2. The zero-order valence-electron chi connectivity index (χ0n) is 14.8. The van der Waals surface area contributed by atoms with Crippen LogP contribution in [-0.4, -0.2) is 52.6 Å². The van der Waals surface area contributed by atoms with Crippen LogP contribution in [0.3, 0.4) is 0 Å². The van der Waals surface area contributed by atoms with E-state index in [1.54, 1.807) is 0 Å². The van der Waals surface area contributed by atoms with Gasteiger partial charge in [0.1, 0.15) is 6.04 Å². The van der Waals surface area contributed by atoms with Crippen LogP contribution in [0.15, 0.2) is 0 Å². The number of nitrogens with one attached hydrogen (secondary N) is 1. The van der Waals surface area contributed by atoms with Crippen LogP contribution in [0.25, 0.3) is 0 Å². The van der Waals surface area contributed by atoms with Gasteiger partial charge in [0.2, 0.25) is 5.91 Å². The van der Waals surface area contributed by atoms with Crippen molar-refractivity contribution in [2.24, 2.45) is 0 Å². The Labute approximate surface area is 158 Å². The Morgan fingerprint density at radius 1 is 0.864 bits per heavy atom. The number of carboxylic acid groups (broad SMARTS) is 1. The Bertz CT molecular complexity index is 285. The minimum absolute atomic E-state index is 0. The summed E-state index contributed by atoms with van der Waals surface area (Å²) >= 11 is 0. The topological polar surface area (TPSA) is 66.4 Å². The zero-order valence-corrected chi connectivity index (χ0v) is 16.8. The van der Waals surface area contributed by atoms with Gasteiger partial charge in [0, 0.05) is 36.0 Å². The van der Waals surface area contributed by atoms with Crippen molar-refractivity contribution in [1.82, 2.24) is 5.32 Å². The Kier molecular flexibility index (Phi) is 19.0. The third kappa shape index (κ3) is 16.3. The van der Waals surface area contributed by atoms with Crippen molar-refractivity contribution in [2.75, 3.05) is 0 Å². The Morgan fingerprint density at radius 3 is 1.68 bits per heavy atom. The van der Waals surface area contributed by atoms with Gasteiger partial charge < -0.3 is 10.4 Å². The van der Waals surface area contributed by atoms with E-state index < -0.39 is 12.0 Å². The predicted octanol–water partition coefficient (Wildman–Crippen LogP) is 3.90. The third-order valence-electron chi connectivity index (χ3n) is 3.76. The van der Waals surface area contributed by atoms with Crippen molar-refractivity contribution in [1.29, 1.82) is 0 Å². The quantitative estimate of drug-likeness (QED) is 0.376. The Hall–Kier alpha value is -0.0600. The first-order valence-electron chi connectivity index (χ1n) is 8.60. The van der Waals surface area contributed by atoms with Crippen LogP contribution in [0.5, 0.6) is 0 Å². The monoisotopic (exact) mass is 322 g/mol. The molecule has 5 heteroatoms. The van der Waals surface area contributed by atoms with Crippen molar-refractivity contribution < 1.29 is 14.7 Å². The molecule has 1 atom stereocenters. The van der Waals surface area contributed by atoms with Crippen LogP contribution in [0, 0.1) is 0 Å². The van der Waals surface area contributed by atoms with Gasteiger partial charge in [-0.1, -0.05) is 71.1 Å². The van der Waals surface area contributed by atoms with Crippen LogP contribution in [0.2, 0.25) is 0 Å². The summed E-state index contributed by atoms with van der Waals surface area (Å²) in [4.78, 5) is 22.0. The summed E-state index contributed by atoms with van der Waals surface area (Å²) in [7, 11) is 0. The maximum Gasteiger partial charge on any atom is 0.325 e. The van der Waals surface area contributed by atoms with Crippen molar-refractivity contribution in [3.05, 3.63) is 0 Å². The number of carbonyl (C=O) groups excluding carboxylic acids is 1. The van der Waals surface area contributed by atoms with Crippen LogP contribution in [-0.2, 0) is 9.59 Å². The maximum atomic E-state index is 11.4. The number of amides is 1. The average Bonchev–Trinajstić information content (AvgIpc) is 2.44. The summed E-state index contributed by atoms with van der Waals surface area (Å²) in [6.45, 7) is 3.73. The van der Waals surface area contributed by atoms with Crippen LogP contribution < -0.4 is 5.32 Å². The first kappa shape index (κ1) is 24.2. The molecule has 0 aliphatic carbocycles. The summed E-state index contributed by atoms with van der Waals surface area (Å²) in [5, 5.41) is 11.2. The second-order valence-electron chi connectivity index (χ2n) is 5.91. The van der Waals surface area contributed by atoms with E-state index in [0.717, 1.165) is 12.8 Å². The van der Waals surface area contributed by atoms with Crippen molar-refractivity contribution in [3.63, 3.8) is 0 Å². The van der Waals surface area contributed by atoms with E-state index in [-0.39, 0.29) is 35.5 Å². The molecule has 4 nitrogen and oxygen atoms in total. The van der Waals surface area contributed by atoms with Gasteiger partial charge in [-0.15, -0.1) is 0 Å². The molecule has 0 unspecified atom stereocenters. The predicted molar refractivity (Wildman–Crippen MR) is 92.1 cm³/mol. The molecule has 1 amide bonds. The molecule has 1 radical (unpaired) electrons. The molecule has 0 spiro atoms. The zero-order chi connectivity index (χ0) is 15.9. The van der Waals surface area contributed by atoms with E-state index in [0.29, 0.717) is 6.42 Å². The fraction of sp³-hybridized carbons (Fsp3) is 0.882. The SMILES string of the molecule is CCCCCCCCCCCCCC(=O)N[C@@H](C)C(=O)O.[Na]. The van der Waals surface area contributed by atoms with E-state index in [4.69, 9.17) is 5.11 Å². The van der Waals surface area contributed by atoms with Gasteiger partial charge in [0.25, 0.3) is 0 Å². The molecular weight excluding hydrogens is 289 g/mol. The number of aliphatic carboxylic acids is 1. The summed E-state index contributed by atoms with van der Waals surface area (Å²) in [5.74, 6) is -1.14. The van der Waals surface area contributed by atoms with Crippen molar-refractivity contribution >= 4 is 41.4 Å². The van der Waals surface area contributed by atoms with Gasteiger partial charge in [-0.3, -0.25) is 9.59 Å². The van der Waals surface area contributed by atoms with Crippen LogP contribution in [0.4, 0.5) is 0 Å². The van der Waals surface area contributed by atoms with E-state index in [2.05, 4.69) is 12.2 Å². The second kappa shape index (κ2) is 17.3. The molecule has 2 N–H and O–H groups in total. The van der Waals surface area contributed by atoms with Gasteiger partial charge in [0.05, 0.1) is 0 Å². The van der Waals surface area contributed by atoms with E-state index in [1.807, 2.05) is 0 Å². The smallest absolute Gasteiger partial charge is 0.325 e. The van der Waals surface area contributed by atoms with E-state index in [9.17, 15) is 9.59 Å². The third-order valence-corrected chi connectivity index (χ3v) is 3.76. The van der Waals surface area contributed by atoms with Crippen molar-refractivity contribution in [3.8, 4) is 0 Å². The molecule has 0 aliphatic rings. The largest absolute Gasteiger partial charge is 0.480 e. The molecule has 22 heavy (non-hydrogen) atoms. The van der Waals surface area contributed by atoms with Gasteiger partial charge in [-0.25, -0.2) is 0 Å². The fourth-order valence-corrected chi connectivity index (χ4v) is 2.33. The fourth-order valence-electron chi connectivity index (χ4n) is 2.33. The normalized spacial score (nSPS) is 11.5. The number of hydrogen-bond acceptors (Lipinski definition) is 2. The molecule has 0 aromatic heterocycles. The summed E-state index contributed by atoms with van der Waals surface area (Å²) in [5.41, 5.74) is 0. The summed E-state index contributed by atoms with van der Waals surface area (Å²) in [6, 6.07) is -0.787. The van der Waals surface area contributed by atoms with Crippen LogP contribution in [0.1, 0.15) is 90.9 Å². The molecule has 0 aromatic rings. The molecule has 0 aliphatic heterocycles. The standard InChI is InChI=1S/C17H33NO3.Na/c1-3-4-5-6-7-8-9-10-11-12-13-14-16(19)18-15(2)17(20)21;/h15H,3-14H2,1-2H3,(H,18,19)(H,20,21);/t15-;/m0./s1. The molecule has 0 rings (SSSR count). The first-order valence-corrected chi connectivity index (χ1v) is 8.60. The minimum atomic E-state index is -0.984.